The molecule has 0 bridgehead atoms. The van der Waals surface area contributed by atoms with Crippen molar-refractivity contribution in [2.45, 2.75) is 50.0 Å². The minimum absolute atomic E-state index is 0.321. The van der Waals surface area contributed by atoms with Crippen molar-refractivity contribution in [1.82, 2.24) is 0 Å². The standard InChI is InChI=1S/C16H24ClNS/c1-2-12-6-8-13(9-7-12)16(18)11-19-15-5-3-4-14(17)10-15/h3-5,10,12-13,16H,2,6-9,11,18H2,1H3. The van der Waals surface area contributed by atoms with Crippen LogP contribution in [0.4, 0.5) is 0 Å². The summed E-state index contributed by atoms with van der Waals surface area (Å²) in [5, 5.41) is 0.807. The van der Waals surface area contributed by atoms with Gasteiger partial charge in [0.05, 0.1) is 0 Å². The Kier molecular flexibility index (Phi) is 6.06. The van der Waals surface area contributed by atoms with Gasteiger partial charge in [0, 0.05) is 21.7 Å². The van der Waals surface area contributed by atoms with Gasteiger partial charge in [-0.25, -0.2) is 0 Å². The van der Waals surface area contributed by atoms with E-state index in [1.165, 1.54) is 37.0 Å². The van der Waals surface area contributed by atoms with Gasteiger partial charge >= 0.3 is 0 Å². The van der Waals surface area contributed by atoms with Gasteiger partial charge in [-0.15, -0.1) is 11.8 Å². The molecule has 0 heterocycles. The van der Waals surface area contributed by atoms with Crippen LogP contribution in [-0.2, 0) is 0 Å². The molecule has 0 aliphatic heterocycles. The normalized spacial score (nSPS) is 25.2. The number of nitrogens with two attached hydrogens (primary N) is 1. The molecule has 0 spiro atoms. The maximum Gasteiger partial charge on any atom is 0.0417 e. The number of hydrogen-bond acceptors (Lipinski definition) is 2. The van der Waals surface area contributed by atoms with Crippen molar-refractivity contribution in [1.29, 1.82) is 0 Å². The van der Waals surface area contributed by atoms with E-state index in [4.69, 9.17) is 17.3 Å². The first-order chi connectivity index (χ1) is 9.19. The molecule has 1 aliphatic carbocycles. The van der Waals surface area contributed by atoms with E-state index in [0.29, 0.717) is 6.04 Å². The predicted molar refractivity (Wildman–Crippen MR) is 85.9 cm³/mol. The van der Waals surface area contributed by atoms with Crippen LogP contribution in [0.25, 0.3) is 0 Å². The molecule has 1 aromatic carbocycles. The molecule has 0 amide bonds. The SMILES string of the molecule is CCC1CCC(C(N)CSc2cccc(Cl)c2)CC1. The van der Waals surface area contributed by atoms with Crippen molar-refractivity contribution in [3.05, 3.63) is 29.3 Å². The Labute approximate surface area is 126 Å². The first kappa shape index (κ1) is 15.2. The zero-order valence-electron chi connectivity index (χ0n) is 11.6. The molecule has 0 aromatic heterocycles. The number of benzene rings is 1. The van der Waals surface area contributed by atoms with Crippen LogP contribution in [0.1, 0.15) is 39.0 Å². The molecule has 0 radical (unpaired) electrons. The Morgan fingerprint density at radius 3 is 2.68 bits per heavy atom. The summed E-state index contributed by atoms with van der Waals surface area (Å²) < 4.78 is 0. The highest BCUT2D eigenvalue weighted by Gasteiger charge is 2.24. The average molecular weight is 298 g/mol. The lowest BCUT2D eigenvalue weighted by molar-refractivity contribution is 0.247. The lowest BCUT2D eigenvalue weighted by Crippen LogP contribution is -2.35. The second-order valence-electron chi connectivity index (χ2n) is 5.62. The maximum absolute atomic E-state index is 6.37. The minimum Gasteiger partial charge on any atom is -0.327 e. The van der Waals surface area contributed by atoms with Crippen LogP contribution in [-0.4, -0.2) is 11.8 Å². The Morgan fingerprint density at radius 1 is 1.32 bits per heavy atom. The monoisotopic (exact) mass is 297 g/mol. The Bertz CT molecular complexity index is 388. The fourth-order valence-electron chi connectivity index (χ4n) is 2.91. The Morgan fingerprint density at radius 2 is 2.05 bits per heavy atom. The van der Waals surface area contributed by atoms with Gasteiger partial charge in [0.2, 0.25) is 0 Å². The smallest absolute Gasteiger partial charge is 0.0417 e. The summed E-state index contributed by atoms with van der Waals surface area (Å²) in [6.45, 7) is 2.31. The molecular formula is C16H24ClNS. The van der Waals surface area contributed by atoms with E-state index in [0.717, 1.165) is 22.6 Å². The largest absolute Gasteiger partial charge is 0.327 e. The zero-order valence-corrected chi connectivity index (χ0v) is 13.2. The predicted octanol–water partition coefficient (Wildman–Crippen LogP) is 4.98. The van der Waals surface area contributed by atoms with Gasteiger partial charge in [0.25, 0.3) is 0 Å². The summed E-state index contributed by atoms with van der Waals surface area (Å²) in [6, 6.07) is 8.37. The molecular weight excluding hydrogens is 274 g/mol. The molecule has 0 saturated heterocycles. The number of hydrogen-bond donors (Lipinski definition) is 1. The van der Waals surface area contributed by atoms with E-state index in [1.54, 1.807) is 0 Å². The Balaban J connectivity index is 1.77. The van der Waals surface area contributed by atoms with Gasteiger partial charge in [-0.2, -0.15) is 0 Å². The van der Waals surface area contributed by atoms with E-state index in [2.05, 4.69) is 13.0 Å². The molecule has 1 aliphatic rings. The number of halogens is 1. The van der Waals surface area contributed by atoms with Crippen molar-refractivity contribution in [2.24, 2.45) is 17.6 Å². The molecule has 1 nitrogen and oxygen atoms in total. The lowest BCUT2D eigenvalue weighted by atomic mass is 9.78. The van der Waals surface area contributed by atoms with E-state index >= 15 is 0 Å². The summed E-state index contributed by atoms with van der Waals surface area (Å²) in [5.41, 5.74) is 6.37. The number of thioether (sulfide) groups is 1. The molecule has 106 valence electrons. The fourth-order valence-corrected chi connectivity index (χ4v) is 4.21. The van der Waals surface area contributed by atoms with Crippen molar-refractivity contribution >= 4 is 23.4 Å². The second kappa shape index (κ2) is 7.56. The average Bonchev–Trinajstić information content (AvgIpc) is 2.45. The molecule has 1 atom stereocenters. The van der Waals surface area contributed by atoms with E-state index in [9.17, 15) is 0 Å². The molecule has 2 N–H and O–H groups in total. The van der Waals surface area contributed by atoms with Crippen LogP contribution in [0, 0.1) is 11.8 Å². The van der Waals surface area contributed by atoms with E-state index < -0.39 is 0 Å². The van der Waals surface area contributed by atoms with Crippen LogP contribution in [0.2, 0.25) is 5.02 Å². The third-order valence-electron chi connectivity index (χ3n) is 4.31. The van der Waals surface area contributed by atoms with Crippen LogP contribution < -0.4 is 5.73 Å². The second-order valence-corrected chi connectivity index (χ2v) is 7.15. The highest BCUT2D eigenvalue weighted by molar-refractivity contribution is 7.99. The van der Waals surface area contributed by atoms with Crippen LogP contribution in [0.5, 0.6) is 0 Å². The van der Waals surface area contributed by atoms with Crippen molar-refractivity contribution in [2.75, 3.05) is 5.75 Å². The van der Waals surface area contributed by atoms with Crippen molar-refractivity contribution in [3.63, 3.8) is 0 Å². The molecule has 2 rings (SSSR count). The lowest BCUT2D eigenvalue weighted by Gasteiger charge is -2.31. The quantitative estimate of drug-likeness (QED) is 0.776. The van der Waals surface area contributed by atoms with Crippen LogP contribution in [0.15, 0.2) is 29.2 Å². The van der Waals surface area contributed by atoms with Gasteiger partial charge in [-0.1, -0.05) is 43.9 Å². The molecule has 1 unspecified atom stereocenters. The summed E-state index contributed by atoms with van der Waals surface area (Å²) in [6.07, 6.45) is 6.71. The van der Waals surface area contributed by atoms with Gasteiger partial charge in [0.1, 0.15) is 0 Å². The fraction of sp³-hybridized carbons (Fsp3) is 0.625. The summed E-state index contributed by atoms with van der Waals surface area (Å²) in [7, 11) is 0. The molecule has 1 aromatic rings. The third-order valence-corrected chi connectivity index (χ3v) is 5.69. The highest BCUT2D eigenvalue weighted by atomic mass is 35.5. The van der Waals surface area contributed by atoms with Gasteiger partial charge < -0.3 is 5.73 Å². The van der Waals surface area contributed by atoms with E-state index in [1.807, 2.05) is 30.0 Å². The first-order valence-electron chi connectivity index (χ1n) is 7.33. The third kappa shape index (κ3) is 4.70. The number of rotatable bonds is 5. The van der Waals surface area contributed by atoms with Crippen molar-refractivity contribution in [3.8, 4) is 0 Å². The molecule has 1 fully saturated rings. The maximum atomic E-state index is 6.37. The molecule has 3 heteroatoms. The highest BCUT2D eigenvalue weighted by Crippen LogP contribution is 2.33. The topological polar surface area (TPSA) is 26.0 Å². The van der Waals surface area contributed by atoms with Gasteiger partial charge in [0.15, 0.2) is 0 Å². The van der Waals surface area contributed by atoms with Crippen molar-refractivity contribution < 1.29 is 0 Å². The first-order valence-corrected chi connectivity index (χ1v) is 8.69. The minimum atomic E-state index is 0.321. The summed E-state index contributed by atoms with van der Waals surface area (Å²) >= 11 is 7.83. The summed E-state index contributed by atoms with van der Waals surface area (Å²) in [4.78, 5) is 1.23. The van der Waals surface area contributed by atoms with Gasteiger partial charge in [-0.3, -0.25) is 0 Å². The van der Waals surface area contributed by atoms with Gasteiger partial charge in [-0.05, 0) is 42.9 Å². The molecule has 1 saturated carbocycles. The zero-order chi connectivity index (χ0) is 13.7. The Hall–Kier alpha value is -0.180. The van der Waals surface area contributed by atoms with E-state index in [-0.39, 0.29) is 0 Å². The van der Waals surface area contributed by atoms with Crippen LogP contribution >= 0.6 is 23.4 Å². The van der Waals surface area contributed by atoms with Crippen LogP contribution in [0.3, 0.4) is 0 Å². The molecule has 19 heavy (non-hydrogen) atoms. The summed E-state index contributed by atoms with van der Waals surface area (Å²) in [5.74, 6) is 2.67.